The fraction of sp³-hybridized carbons (Fsp3) is 0.263. The van der Waals surface area contributed by atoms with Crippen molar-refractivity contribution in [2.24, 2.45) is 0 Å². The van der Waals surface area contributed by atoms with Crippen molar-refractivity contribution in [2.75, 3.05) is 13.7 Å². The number of rotatable bonds is 7. The van der Waals surface area contributed by atoms with E-state index in [1.54, 1.807) is 37.3 Å². The SMILES string of the molecule is CCO[C@H](C(=O)NCc1ccc(C#N)cc1)c1ccc(OC)cc1F. The smallest absolute Gasteiger partial charge is 0.254 e. The second kappa shape index (κ2) is 8.81. The minimum atomic E-state index is -1.05. The van der Waals surface area contributed by atoms with Gasteiger partial charge in [-0.2, -0.15) is 5.26 Å². The molecule has 0 saturated heterocycles. The highest BCUT2D eigenvalue weighted by Crippen LogP contribution is 2.25. The molecule has 5 nitrogen and oxygen atoms in total. The van der Waals surface area contributed by atoms with E-state index in [0.717, 1.165) is 5.56 Å². The number of nitrogens with zero attached hydrogens (tertiary/aromatic N) is 1. The minimum Gasteiger partial charge on any atom is -0.497 e. The molecule has 0 aliphatic heterocycles. The van der Waals surface area contributed by atoms with Gasteiger partial charge in [-0.3, -0.25) is 4.79 Å². The van der Waals surface area contributed by atoms with Crippen LogP contribution in [0.15, 0.2) is 42.5 Å². The van der Waals surface area contributed by atoms with E-state index in [2.05, 4.69) is 5.32 Å². The predicted molar refractivity (Wildman–Crippen MR) is 90.3 cm³/mol. The second-order valence-electron chi connectivity index (χ2n) is 5.25. The summed E-state index contributed by atoms with van der Waals surface area (Å²) < 4.78 is 24.7. The molecule has 1 atom stereocenters. The van der Waals surface area contributed by atoms with Crippen molar-refractivity contribution in [3.8, 4) is 11.8 Å². The lowest BCUT2D eigenvalue weighted by atomic mass is 10.1. The third-order valence-corrected chi connectivity index (χ3v) is 3.61. The Hall–Kier alpha value is -2.91. The monoisotopic (exact) mass is 342 g/mol. The first kappa shape index (κ1) is 18.4. The Kier molecular flexibility index (Phi) is 6.49. The lowest BCUT2D eigenvalue weighted by molar-refractivity contribution is -0.133. The number of methoxy groups -OCH3 is 1. The summed E-state index contributed by atoms with van der Waals surface area (Å²) in [7, 11) is 1.44. The van der Waals surface area contributed by atoms with Gasteiger partial charge < -0.3 is 14.8 Å². The molecule has 25 heavy (non-hydrogen) atoms. The van der Waals surface area contributed by atoms with Crippen molar-refractivity contribution >= 4 is 5.91 Å². The van der Waals surface area contributed by atoms with Gasteiger partial charge >= 0.3 is 0 Å². The van der Waals surface area contributed by atoms with Crippen molar-refractivity contribution in [3.63, 3.8) is 0 Å². The standard InChI is InChI=1S/C19H19FN2O3/c1-3-25-18(16-9-8-15(24-2)10-17(16)20)19(23)22-12-14-6-4-13(11-21)5-7-14/h4-10,18H,3,12H2,1-2H3,(H,22,23)/t18-/m0/s1. The highest BCUT2D eigenvalue weighted by atomic mass is 19.1. The van der Waals surface area contributed by atoms with Crippen LogP contribution in [-0.4, -0.2) is 19.6 Å². The Balaban J connectivity index is 2.10. The summed E-state index contributed by atoms with van der Waals surface area (Å²) in [5, 5.41) is 11.5. The van der Waals surface area contributed by atoms with E-state index >= 15 is 0 Å². The van der Waals surface area contributed by atoms with Crippen LogP contribution in [0.3, 0.4) is 0 Å². The number of nitrogens with one attached hydrogen (secondary N) is 1. The third kappa shape index (κ3) is 4.78. The lowest BCUT2D eigenvalue weighted by Crippen LogP contribution is -2.31. The molecule has 0 heterocycles. The Morgan fingerprint density at radius 1 is 1.28 bits per heavy atom. The van der Waals surface area contributed by atoms with Crippen molar-refractivity contribution in [1.29, 1.82) is 5.26 Å². The molecule has 0 spiro atoms. The van der Waals surface area contributed by atoms with Gasteiger partial charge in [0, 0.05) is 24.8 Å². The number of carbonyl (C=O) groups is 1. The van der Waals surface area contributed by atoms with Crippen LogP contribution in [0.2, 0.25) is 0 Å². The lowest BCUT2D eigenvalue weighted by Gasteiger charge is -2.18. The summed E-state index contributed by atoms with van der Waals surface area (Å²) in [6.07, 6.45) is -1.05. The van der Waals surface area contributed by atoms with E-state index in [1.807, 2.05) is 6.07 Å². The van der Waals surface area contributed by atoms with Gasteiger partial charge in [-0.1, -0.05) is 12.1 Å². The van der Waals surface area contributed by atoms with E-state index in [1.165, 1.54) is 19.2 Å². The number of hydrogen-bond acceptors (Lipinski definition) is 4. The van der Waals surface area contributed by atoms with Gasteiger partial charge in [-0.05, 0) is 36.8 Å². The van der Waals surface area contributed by atoms with Gasteiger partial charge in [0.15, 0.2) is 6.10 Å². The molecule has 2 aromatic rings. The summed E-state index contributed by atoms with van der Waals surface area (Å²) in [5.74, 6) is -0.629. The van der Waals surface area contributed by atoms with Gasteiger partial charge in [-0.25, -0.2) is 4.39 Å². The average Bonchev–Trinajstić information content (AvgIpc) is 2.64. The molecule has 0 aliphatic carbocycles. The van der Waals surface area contributed by atoms with E-state index in [9.17, 15) is 9.18 Å². The molecular formula is C19H19FN2O3. The first-order chi connectivity index (χ1) is 12.1. The Morgan fingerprint density at radius 2 is 2.00 bits per heavy atom. The van der Waals surface area contributed by atoms with Crippen LogP contribution in [0.4, 0.5) is 4.39 Å². The van der Waals surface area contributed by atoms with Gasteiger partial charge in [0.25, 0.3) is 5.91 Å². The van der Waals surface area contributed by atoms with Crippen molar-refractivity contribution < 1.29 is 18.7 Å². The molecule has 0 fully saturated rings. The summed E-state index contributed by atoms with van der Waals surface area (Å²) in [4.78, 5) is 12.5. The molecule has 6 heteroatoms. The summed E-state index contributed by atoms with van der Waals surface area (Å²) in [6.45, 7) is 2.26. The van der Waals surface area contributed by atoms with Crippen molar-refractivity contribution in [2.45, 2.75) is 19.6 Å². The number of amides is 1. The van der Waals surface area contributed by atoms with Crippen LogP contribution in [0.5, 0.6) is 5.75 Å². The van der Waals surface area contributed by atoms with Gasteiger partial charge in [-0.15, -0.1) is 0 Å². The number of carbonyl (C=O) groups excluding carboxylic acids is 1. The average molecular weight is 342 g/mol. The fourth-order valence-electron chi connectivity index (χ4n) is 2.30. The molecular weight excluding hydrogens is 323 g/mol. The first-order valence-electron chi connectivity index (χ1n) is 7.80. The number of ether oxygens (including phenoxy) is 2. The minimum absolute atomic E-state index is 0.153. The largest absolute Gasteiger partial charge is 0.497 e. The van der Waals surface area contributed by atoms with E-state index in [0.29, 0.717) is 11.3 Å². The van der Waals surface area contributed by atoms with Crippen LogP contribution in [0, 0.1) is 17.1 Å². The van der Waals surface area contributed by atoms with Crippen LogP contribution in [0.1, 0.15) is 29.7 Å². The second-order valence-corrected chi connectivity index (χ2v) is 5.25. The quantitative estimate of drug-likeness (QED) is 0.839. The highest BCUT2D eigenvalue weighted by Gasteiger charge is 2.24. The van der Waals surface area contributed by atoms with Crippen LogP contribution < -0.4 is 10.1 Å². The molecule has 2 rings (SSSR count). The first-order valence-corrected chi connectivity index (χ1v) is 7.80. The third-order valence-electron chi connectivity index (χ3n) is 3.61. The number of benzene rings is 2. The normalized spacial score (nSPS) is 11.4. The molecule has 1 N–H and O–H groups in total. The Bertz CT molecular complexity index is 769. The Morgan fingerprint density at radius 3 is 2.56 bits per heavy atom. The van der Waals surface area contributed by atoms with E-state index in [-0.39, 0.29) is 18.7 Å². The molecule has 0 bridgehead atoms. The zero-order valence-electron chi connectivity index (χ0n) is 14.1. The van der Waals surface area contributed by atoms with Crippen molar-refractivity contribution in [3.05, 3.63) is 65.0 Å². The molecule has 130 valence electrons. The van der Waals surface area contributed by atoms with Gasteiger partial charge in [0.1, 0.15) is 11.6 Å². The highest BCUT2D eigenvalue weighted by molar-refractivity contribution is 5.82. The number of hydrogen-bond donors (Lipinski definition) is 1. The fourth-order valence-corrected chi connectivity index (χ4v) is 2.30. The van der Waals surface area contributed by atoms with Crippen LogP contribution in [-0.2, 0) is 16.1 Å². The van der Waals surface area contributed by atoms with Crippen molar-refractivity contribution in [1.82, 2.24) is 5.32 Å². The predicted octanol–water partition coefficient (Wildman–Crippen LogP) is 3.10. The van der Waals surface area contributed by atoms with Gasteiger partial charge in [0.05, 0.1) is 18.7 Å². The van der Waals surface area contributed by atoms with E-state index < -0.39 is 17.8 Å². The maximum Gasteiger partial charge on any atom is 0.254 e. The summed E-state index contributed by atoms with van der Waals surface area (Å²) in [5.41, 5.74) is 1.53. The molecule has 0 unspecified atom stereocenters. The molecule has 0 aromatic heterocycles. The molecule has 1 amide bonds. The zero-order valence-corrected chi connectivity index (χ0v) is 14.1. The van der Waals surface area contributed by atoms with Crippen LogP contribution >= 0.6 is 0 Å². The maximum absolute atomic E-state index is 14.2. The number of halogens is 1. The Labute approximate surface area is 146 Å². The molecule has 2 aromatic carbocycles. The summed E-state index contributed by atoms with van der Waals surface area (Å²) >= 11 is 0. The molecule has 0 radical (unpaired) electrons. The topological polar surface area (TPSA) is 71.3 Å². The number of nitriles is 1. The van der Waals surface area contributed by atoms with Gasteiger partial charge in [0.2, 0.25) is 0 Å². The summed E-state index contributed by atoms with van der Waals surface area (Å²) in [6, 6.07) is 13.2. The molecule has 0 saturated carbocycles. The molecule has 0 aliphatic rings. The maximum atomic E-state index is 14.2. The van der Waals surface area contributed by atoms with E-state index in [4.69, 9.17) is 14.7 Å². The van der Waals surface area contributed by atoms with Crippen LogP contribution in [0.25, 0.3) is 0 Å². The zero-order chi connectivity index (χ0) is 18.2.